The Morgan fingerprint density at radius 3 is 1.33 bits per heavy atom. The zero-order valence-electron chi connectivity index (χ0n) is 42.3. The molecule has 1 heteroatoms. The Bertz CT molecular complexity index is 3630. The van der Waals surface area contributed by atoms with Crippen LogP contribution in [0.1, 0.15) is 125 Å². The van der Waals surface area contributed by atoms with E-state index in [0.717, 1.165) is 0 Å². The average Bonchev–Trinajstić information content (AvgIpc) is 3.98. The summed E-state index contributed by atoms with van der Waals surface area (Å²) in [5.41, 5.74) is 29.2. The summed E-state index contributed by atoms with van der Waals surface area (Å²) in [4.78, 5) is 2.65. The molecule has 9 aromatic rings. The third-order valence-electron chi connectivity index (χ3n) is 17.0. The first-order valence-electron chi connectivity index (χ1n) is 25.4. The molecule has 0 heterocycles. The van der Waals surface area contributed by atoms with E-state index >= 15 is 0 Å². The highest BCUT2D eigenvalue weighted by atomic mass is 15.1. The molecule has 4 aliphatic rings. The van der Waals surface area contributed by atoms with Gasteiger partial charge in [-0.1, -0.05) is 221 Å². The molecule has 4 aliphatic carbocycles. The molecule has 0 bridgehead atoms. The Kier molecular flexibility index (Phi) is 8.83. The Morgan fingerprint density at radius 2 is 0.757 bits per heavy atom. The summed E-state index contributed by atoms with van der Waals surface area (Å²) in [6.45, 7) is 23.9. The summed E-state index contributed by atoms with van der Waals surface area (Å²) in [6, 6.07) is 72.8. The fourth-order valence-corrected chi connectivity index (χ4v) is 13.2. The third-order valence-corrected chi connectivity index (χ3v) is 17.0. The quantitative estimate of drug-likeness (QED) is 0.170. The number of hydrogen-bond acceptors (Lipinski definition) is 1. The van der Waals surface area contributed by atoms with Crippen LogP contribution in [0.25, 0.3) is 55.6 Å². The van der Waals surface area contributed by atoms with Gasteiger partial charge in [0.2, 0.25) is 0 Å². The van der Waals surface area contributed by atoms with E-state index in [1.807, 2.05) is 0 Å². The van der Waals surface area contributed by atoms with Crippen LogP contribution in [0.15, 0.2) is 188 Å². The van der Waals surface area contributed by atoms with Gasteiger partial charge in [0.1, 0.15) is 0 Å². The normalized spacial score (nSPS) is 15.6. The molecule has 342 valence electrons. The second-order valence-corrected chi connectivity index (χ2v) is 23.7. The topological polar surface area (TPSA) is 3.24 Å². The SMILES string of the molecule is CC(C)(C)c1ccc2c(c1)C1(c3ccccc3-c3ccccc31)c1cc(C(C)(C)C)cc(N(c3ccc4c(c3)C(C)(C)c3ccccc3-4)c3ccc4c(c3)C(C)(C)c3cc(-c5ccccc5)ccc3-4)c1-2. The Hall–Kier alpha value is -7.22. The molecule has 0 atom stereocenters. The maximum Gasteiger partial charge on any atom is 0.0726 e. The highest BCUT2D eigenvalue weighted by molar-refractivity contribution is 6.02. The summed E-state index contributed by atoms with van der Waals surface area (Å²) in [5.74, 6) is 0. The second-order valence-electron chi connectivity index (χ2n) is 23.7. The van der Waals surface area contributed by atoms with Crippen molar-refractivity contribution in [2.45, 2.75) is 96.3 Å². The monoisotopic (exact) mass is 903 g/mol. The van der Waals surface area contributed by atoms with Gasteiger partial charge >= 0.3 is 0 Å². The predicted molar refractivity (Wildman–Crippen MR) is 295 cm³/mol. The van der Waals surface area contributed by atoms with Crippen LogP contribution in [0.4, 0.5) is 17.1 Å². The molecule has 0 saturated heterocycles. The van der Waals surface area contributed by atoms with Crippen molar-refractivity contribution in [1.82, 2.24) is 0 Å². The van der Waals surface area contributed by atoms with E-state index in [0.29, 0.717) is 0 Å². The van der Waals surface area contributed by atoms with E-state index in [2.05, 4.69) is 262 Å². The summed E-state index contributed by atoms with van der Waals surface area (Å²) >= 11 is 0. The minimum atomic E-state index is -0.513. The van der Waals surface area contributed by atoms with Crippen molar-refractivity contribution < 1.29 is 0 Å². The first-order chi connectivity index (χ1) is 33.5. The Labute approximate surface area is 415 Å². The Balaban J connectivity index is 1.12. The smallest absolute Gasteiger partial charge is 0.0726 e. The van der Waals surface area contributed by atoms with Gasteiger partial charge in [0, 0.05) is 27.8 Å². The number of anilines is 3. The summed E-state index contributed by atoms with van der Waals surface area (Å²) in [6.07, 6.45) is 0. The van der Waals surface area contributed by atoms with Crippen molar-refractivity contribution >= 4 is 17.1 Å². The second kappa shape index (κ2) is 14.4. The first kappa shape index (κ1) is 42.8. The predicted octanol–water partition coefficient (Wildman–Crippen LogP) is 18.4. The molecular weight excluding hydrogens is 843 g/mol. The van der Waals surface area contributed by atoms with Crippen LogP contribution in [0.5, 0.6) is 0 Å². The third kappa shape index (κ3) is 5.78. The van der Waals surface area contributed by atoms with Crippen LogP contribution in [-0.2, 0) is 27.1 Å². The highest BCUT2D eigenvalue weighted by Crippen LogP contribution is 2.66. The van der Waals surface area contributed by atoms with E-state index in [1.165, 1.54) is 128 Å². The van der Waals surface area contributed by atoms with E-state index in [4.69, 9.17) is 0 Å². The lowest BCUT2D eigenvalue weighted by Crippen LogP contribution is -2.27. The molecule has 1 nitrogen and oxygen atoms in total. The van der Waals surface area contributed by atoms with Gasteiger partial charge in [0.15, 0.2) is 0 Å². The van der Waals surface area contributed by atoms with E-state index < -0.39 is 5.41 Å². The van der Waals surface area contributed by atoms with Crippen LogP contribution in [0, 0.1) is 0 Å². The van der Waals surface area contributed by atoms with Crippen LogP contribution in [0.2, 0.25) is 0 Å². The molecule has 0 saturated carbocycles. The van der Waals surface area contributed by atoms with Crippen molar-refractivity contribution in [3.05, 3.63) is 244 Å². The molecule has 9 aromatic carbocycles. The molecule has 0 fully saturated rings. The fourth-order valence-electron chi connectivity index (χ4n) is 13.2. The minimum Gasteiger partial charge on any atom is -0.310 e. The Morgan fingerprint density at radius 1 is 0.314 bits per heavy atom. The van der Waals surface area contributed by atoms with Gasteiger partial charge in [-0.3, -0.25) is 0 Å². The standard InChI is InChI=1S/C69H61N/c1-65(2,3)44-29-33-54-61(37-44)69(56-26-18-15-23-49(56)50-24-16-19-27-57(50)69)62-38-45(66(4,5)6)39-63(64(54)62)70(46-30-34-52-48-22-14-17-25-55(48)67(7,8)59(52)40-46)47-31-35-53-51-32-28-43(42-20-12-11-13-21-42)36-58(51)68(9,10)60(53)41-47/h11-41H,1-10H3. The summed E-state index contributed by atoms with van der Waals surface area (Å²) < 4.78 is 0. The van der Waals surface area contributed by atoms with Crippen molar-refractivity contribution in [1.29, 1.82) is 0 Å². The van der Waals surface area contributed by atoms with Gasteiger partial charge in [-0.25, -0.2) is 0 Å². The number of rotatable bonds is 4. The zero-order chi connectivity index (χ0) is 48.3. The average molecular weight is 904 g/mol. The maximum atomic E-state index is 2.65. The molecule has 70 heavy (non-hydrogen) atoms. The highest BCUT2D eigenvalue weighted by Gasteiger charge is 2.53. The van der Waals surface area contributed by atoms with Gasteiger partial charge in [0.05, 0.1) is 11.1 Å². The van der Waals surface area contributed by atoms with Crippen LogP contribution in [-0.4, -0.2) is 0 Å². The largest absolute Gasteiger partial charge is 0.310 e. The van der Waals surface area contributed by atoms with E-state index in [-0.39, 0.29) is 21.7 Å². The number of benzene rings is 9. The van der Waals surface area contributed by atoms with Crippen molar-refractivity contribution in [3.8, 4) is 55.6 Å². The van der Waals surface area contributed by atoms with Crippen LogP contribution >= 0.6 is 0 Å². The molecule has 0 amide bonds. The van der Waals surface area contributed by atoms with E-state index in [1.54, 1.807) is 0 Å². The van der Waals surface area contributed by atoms with Crippen LogP contribution in [0.3, 0.4) is 0 Å². The molecule has 0 N–H and O–H groups in total. The van der Waals surface area contributed by atoms with Gasteiger partial charge < -0.3 is 4.90 Å². The van der Waals surface area contributed by atoms with Crippen molar-refractivity contribution in [3.63, 3.8) is 0 Å². The number of nitrogens with zero attached hydrogens (tertiary/aromatic N) is 1. The lowest BCUT2D eigenvalue weighted by atomic mass is 9.68. The zero-order valence-corrected chi connectivity index (χ0v) is 42.3. The lowest BCUT2D eigenvalue weighted by Gasteiger charge is -2.35. The van der Waals surface area contributed by atoms with Crippen LogP contribution < -0.4 is 4.90 Å². The van der Waals surface area contributed by atoms with Crippen molar-refractivity contribution in [2.75, 3.05) is 4.90 Å². The first-order valence-corrected chi connectivity index (χ1v) is 25.4. The van der Waals surface area contributed by atoms with E-state index in [9.17, 15) is 0 Å². The molecule has 0 aliphatic heterocycles. The number of fused-ring (bicyclic) bond motifs is 16. The van der Waals surface area contributed by atoms with Gasteiger partial charge in [-0.15, -0.1) is 0 Å². The van der Waals surface area contributed by atoms with Gasteiger partial charge in [0.25, 0.3) is 0 Å². The van der Waals surface area contributed by atoms with Gasteiger partial charge in [-0.2, -0.15) is 0 Å². The molecule has 0 unspecified atom stereocenters. The molecule has 0 radical (unpaired) electrons. The number of hydrogen-bond donors (Lipinski definition) is 0. The molecule has 1 spiro atoms. The molecule has 0 aromatic heterocycles. The summed E-state index contributed by atoms with van der Waals surface area (Å²) in [5, 5.41) is 0. The lowest BCUT2D eigenvalue weighted by molar-refractivity contribution is 0.586. The molecular formula is C69H61N. The van der Waals surface area contributed by atoms with Gasteiger partial charge in [-0.05, 0) is 153 Å². The summed E-state index contributed by atoms with van der Waals surface area (Å²) in [7, 11) is 0. The van der Waals surface area contributed by atoms with Crippen molar-refractivity contribution in [2.24, 2.45) is 0 Å². The fraction of sp³-hybridized carbons (Fsp3) is 0.217. The molecule has 13 rings (SSSR count). The maximum absolute atomic E-state index is 2.65. The minimum absolute atomic E-state index is 0.0421.